The number of rotatable bonds is 5. The lowest BCUT2D eigenvalue weighted by Gasteiger charge is -2.35. The molecular formula is C22H24N2O4S2. The first kappa shape index (κ1) is 21.1. The van der Waals surface area contributed by atoms with E-state index in [0.717, 1.165) is 22.5 Å². The molecule has 0 aromatic rings. The zero-order valence-corrected chi connectivity index (χ0v) is 18.7. The van der Waals surface area contributed by atoms with E-state index in [4.69, 9.17) is 9.55 Å². The van der Waals surface area contributed by atoms with Crippen LogP contribution < -0.4 is 0 Å². The number of hydrogen-bond donors (Lipinski definition) is 0. The number of hydrogen-bond acceptors (Lipinski definition) is 7. The monoisotopic (exact) mass is 444 g/mol. The third-order valence-corrected chi connectivity index (χ3v) is 9.28. The number of allylic oxidation sites excluding steroid dienone is 6. The number of carbonyl (C=O) groups excluding carboxylic acids is 1. The number of thioether (sulfide) groups is 1. The van der Waals surface area contributed by atoms with Crippen LogP contribution in [0.2, 0.25) is 0 Å². The first-order valence-corrected chi connectivity index (χ1v) is 12.4. The maximum atomic E-state index is 12.7. The van der Waals surface area contributed by atoms with Gasteiger partial charge in [0.1, 0.15) is 16.6 Å². The van der Waals surface area contributed by atoms with Crippen molar-refractivity contribution in [1.29, 1.82) is 5.26 Å². The Morgan fingerprint density at radius 2 is 2.17 bits per heavy atom. The van der Waals surface area contributed by atoms with E-state index in [1.165, 1.54) is 11.8 Å². The normalized spacial score (nSPS) is 33.2. The average Bonchev–Trinajstić information content (AvgIpc) is 3.30. The number of nitrogens with zero attached hydrogens (tertiary/aromatic N) is 2. The van der Waals surface area contributed by atoms with Crippen molar-refractivity contribution in [1.82, 2.24) is 0 Å². The molecule has 0 aromatic carbocycles. The quantitative estimate of drug-likeness (QED) is 0.583. The van der Waals surface area contributed by atoms with E-state index < -0.39 is 15.5 Å². The molecule has 2 saturated carbocycles. The summed E-state index contributed by atoms with van der Waals surface area (Å²) in [5, 5.41) is 13.3. The Bertz CT molecular complexity index is 1090. The highest BCUT2D eigenvalue weighted by Gasteiger charge is 2.65. The third-order valence-electron chi connectivity index (χ3n) is 7.10. The lowest BCUT2D eigenvalue weighted by molar-refractivity contribution is -0.128. The van der Waals surface area contributed by atoms with Gasteiger partial charge in [-0.2, -0.15) is 13.7 Å². The Labute approximate surface area is 181 Å². The van der Waals surface area contributed by atoms with Gasteiger partial charge in [0.2, 0.25) is 0 Å². The van der Waals surface area contributed by atoms with Gasteiger partial charge in [0, 0.05) is 11.3 Å². The van der Waals surface area contributed by atoms with Crippen molar-refractivity contribution in [2.45, 2.75) is 46.0 Å². The molecule has 0 amide bonds. The molecule has 4 aliphatic rings. The second-order valence-corrected chi connectivity index (χ2v) is 11.4. The summed E-state index contributed by atoms with van der Waals surface area (Å²) in [4.78, 5) is 13.5. The fourth-order valence-corrected chi connectivity index (χ4v) is 7.66. The summed E-state index contributed by atoms with van der Waals surface area (Å²) in [6, 6.07) is 2.17. The SMILES string of the molecule is CC1(C)C2CCC1(CS(=O)(=O)ON=C1C=CC(=C3CC=CC=C3CC#N)S1)C(=O)C2. The molecule has 2 unspecified atom stereocenters. The fourth-order valence-electron chi connectivity index (χ4n) is 5.18. The zero-order valence-electron chi connectivity index (χ0n) is 17.1. The lowest BCUT2D eigenvalue weighted by Crippen LogP contribution is -2.42. The molecule has 30 heavy (non-hydrogen) atoms. The molecule has 2 bridgehead atoms. The number of carbonyl (C=O) groups is 1. The average molecular weight is 445 g/mol. The van der Waals surface area contributed by atoms with Crippen LogP contribution >= 0.6 is 11.8 Å². The van der Waals surface area contributed by atoms with Crippen LogP contribution in [0.25, 0.3) is 0 Å². The second-order valence-electron chi connectivity index (χ2n) is 8.81. The summed E-state index contributed by atoms with van der Waals surface area (Å²) in [6.45, 7) is 3.99. The summed E-state index contributed by atoms with van der Waals surface area (Å²) >= 11 is 1.32. The van der Waals surface area contributed by atoms with Gasteiger partial charge in [-0.15, -0.1) is 0 Å². The van der Waals surface area contributed by atoms with Crippen molar-refractivity contribution >= 4 is 32.7 Å². The Balaban J connectivity index is 1.47. The van der Waals surface area contributed by atoms with Crippen molar-refractivity contribution in [3.8, 4) is 6.07 Å². The summed E-state index contributed by atoms with van der Waals surface area (Å²) in [7, 11) is -4.00. The summed E-state index contributed by atoms with van der Waals surface area (Å²) in [6.07, 6.45) is 12.4. The van der Waals surface area contributed by atoms with Gasteiger partial charge in [-0.3, -0.25) is 9.08 Å². The van der Waals surface area contributed by atoms with Gasteiger partial charge in [0.25, 0.3) is 0 Å². The largest absolute Gasteiger partial charge is 0.329 e. The molecule has 158 valence electrons. The third kappa shape index (κ3) is 3.48. The molecule has 0 aromatic heterocycles. The van der Waals surface area contributed by atoms with E-state index in [2.05, 4.69) is 11.2 Å². The molecule has 0 radical (unpaired) electrons. The van der Waals surface area contributed by atoms with Gasteiger partial charge in [0.05, 0.1) is 17.9 Å². The molecular weight excluding hydrogens is 420 g/mol. The van der Waals surface area contributed by atoms with Crippen LogP contribution in [0.3, 0.4) is 0 Å². The van der Waals surface area contributed by atoms with Crippen LogP contribution in [-0.2, 0) is 19.2 Å². The highest BCUT2D eigenvalue weighted by molar-refractivity contribution is 8.18. The maximum Gasteiger partial charge on any atom is 0.329 e. The molecule has 0 saturated heterocycles. The minimum atomic E-state index is -4.00. The lowest BCUT2D eigenvalue weighted by atomic mass is 9.70. The highest BCUT2D eigenvalue weighted by Crippen LogP contribution is 2.64. The van der Waals surface area contributed by atoms with Crippen molar-refractivity contribution in [2.75, 3.05) is 5.75 Å². The van der Waals surface area contributed by atoms with Crippen LogP contribution in [-0.4, -0.2) is 25.0 Å². The van der Waals surface area contributed by atoms with Crippen LogP contribution in [0, 0.1) is 28.1 Å². The van der Waals surface area contributed by atoms with E-state index in [1.807, 2.05) is 38.2 Å². The first-order valence-electron chi connectivity index (χ1n) is 10.0. The Morgan fingerprint density at radius 1 is 1.37 bits per heavy atom. The Morgan fingerprint density at radius 3 is 2.83 bits per heavy atom. The van der Waals surface area contributed by atoms with Crippen LogP contribution in [0.15, 0.2) is 51.6 Å². The Kier molecular flexibility index (Phi) is 5.31. The van der Waals surface area contributed by atoms with Crippen molar-refractivity contribution < 1.29 is 17.5 Å². The van der Waals surface area contributed by atoms with Gasteiger partial charge in [-0.05, 0) is 53.9 Å². The van der Waals surface area contributed by atoms with Gasteiger partial charge in [0.15, 0.2) is 0 Å². The fraction of sp³-hybridized carbons (Fsp3) is 0.500. The van der Waals surface area contributed by atoms with Crippen LogP contribution in [0.1, 0.15) is 46.0 Å². The van der Waals surface area contributed by atoms with Crippen molar-refractivity contribution in [2.24, 2.45) is 21.9 Å². The molecule has 8 heteroatoms. The van der Waals surface area contributed by atoms with Crippen LogP contribution in [0.4, 0.5) is 0 Å². The van der Waals surface area contributed by atoms with Gasteiger partial charge < -0.3 is 0 Å². The van der Waals surface area contributed by atoms with E-state index in [0.29, 0.717) is 30.7 Å². The standard InChI is InChI=1S/C22H24N2O4S2/c1-21(2)16-9-11-22(21,19(25)13-16)14-30(26,27)28-24-20-8-7-18(29-20)17-6-4-3-5-15(17)10-12-23/h3-5,7-8,16H,6,9-11,13-14H2,1-2H3. The van der Waals surface area contributed by atoms with Crippen molar-refractivity contribution in [3.63, 3.8) is 0 Å². The minimum Gasteiger partial charge on any atom is -0.299 e. The second kappa shape index (κ2) is 7.54. The van der Waals surface area contributed by atoms with Gasteiger partial charge >= 0.3 is 10.1 Å². The Hall–Kier alpha value is -2.11. The van der Waals surface area contributed by atoms with E-state index >= 15 is 0 Å². The molecule has 2 atom stereocenters. The van der Waals surface area contributed by atoms with Gasteiger partial charge in [-0.25, -0.2) is 0 Å². The summed E-state index contributed by atoms with van der Waals surface area (Å²) in [5.41, 5.74) is 0.792. The topological polar surface area (TPSA) is 96.6 Å². The van der Waals surface area contributed by atoms with E-state index in [9.17, 15) is 13.2 Å². The number of fused-ring (bicyclic) bond motifs is 2. The summed E-state index contributed by atoms with van der Waals surface area (Å²) < 4.78 is 30.4. The molecule has 3 aliphatic carbocycles. The molecule has 1 aliphatic heterocycles. The van der Waals surface area contributed by atoms with Crippen LogP contribution in [0.5, 0.6) is 0 Å². The minimum absolute atomic E-state index is 0.0351. The number of oxime groups is 1. The van der Waals surface area contributed by atoms with E-state index in [-0.39, 0.29) is 22.9 Å². The predicted molar refractivity (Wildman–Crippen MR) is 117 cm³/mol. The number of ketones is 1. The van der Waals surface area contributed by atoms with Crippen molar-refractivity contribution in [3.05, 3.63) is 46.4 Å². The smallest absolute Gasteiger partial charge is 0.299 e. The highest BCUT2D eigenvalue weighted by atomic mass is 32.2. The van der Waals surface area contributed by atoms with Gasteiger partial charge in [-0.1, -0.05) is 49.0 Å². The maximum absolute atomic E-state index is 12.7. The molecule has 1 heterocycles. The zero-order chi connectivity index (χ0) is 21.6. The predicted octanol–water partition coefficient (Wildman–Crippen LogP) is 4.40. The number of nitriles is 1. The molecule has 6 nitrogen and oxygen atoms in total. The molecule has 0 N–H and O–H groups in total. The molecule has 2 fully saturated rings. The summed E-state index contributed by atoms with van der Waals surface area (Å²) in [5.74, 6) is -0.0384. The van der Waals surface area contributed by atoms with E-state index in [1.54, 1.807) is 6.08 Å². The molecule has 0 spiro atoms. The first-order chi connectivity index (χ1) is 14.2. The molecule has 4 rings (SSSR count). The number of Topliss-reactive ketones (excluding diaryl/α,β-unsaturated/α-hetero) is 1.